The van der Waals surface area contributed by atoms with Crippen molar-refractivity contribution in [3.8, 4) is 11.6 Å². The molecule has 0 bridgehead atoms. The number of benzene rings is 2. The number of nitrogens with two attached hydrogens (primary N) is 1. The van der Waals surface area contributed by atoms with Gasteiger partial charge in [-0.1, -0.05) is 24.3 Å². The van der Waals surface area contributed by atoms with Crippen LogP contribution in [-0.4, -0.2) is 20.3 Å². The second kappa shape index (κ2) is 7.27. The summed E-state index contributed by atoms with van der Waals surface area (Å²) < 4.78 is 7.70. The Hall–Kier alpha value is -3.71. The van der Waals surface area contributed by atoms with Gasteiger partial charge in [0.05, 0.1) is 5.69 Å². The molecule has 7 nitrogen and oxygen atoms in total. The van der Waals surface area contributed by atoms with E-state index in [-0.39, 0.29) is 12.5 Å². The zero-order chi connectivity index (χ0) is 18.6. The van der Waals surface area contributed by atoms with Crippen LogP contribution in [0.1, 0.15) is 16.1 Å². The van der Waals surface area contributed by atoms with Gasteiger partial charge in [-0.2, -0.15) is 0 Å². The molecule has 2 heterocycles. The van der Waals surface area contributed by atoms with Crippen molar-refractivity contribution < 1.29 is 9.53 Å². The Labute approximate surface area is 155 Å². The van der Waals surface area contributed by atoms with E-state index in [0.717, 1.165) is 5.69 Å². The molecule has 0 unspecified atom stereocenters. The summed E-state index contributed by atoms with van der Waals surface area (Å²) >= 11 is 0. The standard InChI is InChI=1S/C20H17N5O2/c21-13-16-12-18(25-10-9-22-20(25)24-16)27-17-8-4-5-14(11-17)19(26)23-15-6-2-1-3-7-15/h1-12H,13,21H2,(H,23,26). The topological polar surface area (TPSA) is 94.5 Å². The lowest BCUT2D eigenvalue weighted by Crippen LogP contribution is -2.11. The van der Waals surface area contributed by atoms with E-state index in [0.29, 0.717) is 28.7 Å². The normalized spacial score (nSPS) is 10.7. The molecule has 3 N–H and O–H groups in total. The molecule has 0 aliphatic rings. The minimum Gasteiger partial charge on any atom is -0.440 e. The maximum Gasteiger partial charge on any atom is 0.255 e. The molecule has 27 heavy (non-hydrogen) atoms. The maximum atomic E-state index is 12.5. The van der Waals surface area contributed by atoms with Crippen LogP contribution >= 0.6 is 0 Å². The van der Waals surface area contributed by atoms with E-state index in [1.807, 2.05) is 30.3 Å². The monoisotopic (exact) mass is 359 g/mol. The minimum atomic E-state index is -0.211. The van der Waals surface area contributed by atoms with Crippen LogP contribution in [0.3, 0.4) is 0 Å². The number of hydrogen-bond donors (Lipinski definition) is 2. The van der Waals surface area contributed by atoms with Crippen molar-refractivity contribution in [1.82, 2.24) is 14.4 Å². The van der Waals surface area contributed by atoms with Crippen molar-refractivity contribution in [3.63, 3.8) is 0 Å². The highest BCUT2D eigenvalue weighted by atomic mass is 16.5. The molecule has 4 rings (SSSR count). The SMILES string of the molecule is NCc1cc(Oc2cccc(C(=O)Nc3ccccc3)c2)n2ccnc2n1. The number of ether oxygens (including phenoxy) is 1. The second-order valence-electron chi connectivity index (χ2n) is 5.84. The number of anilines is 1. The molecule has 0 saturated heterocycles. The Balaban J connectivity index is 1.60. The Bertz CT molecular complexity index is 1090. The molecule has 0 aliphatic heterocycles. The smallest absolute Gasteiger partial charge is 0.255 e. The summed E-state index contributed by atoms with van der Waals surface area (Å²) in [6, 6.07) is 18.0. The first-order chi connectivity index (χ1) is 13.2. The van der Waals surface area contributed by atoms with Crippen molar-refractivity contribution in [3.05, 3.63) is 84.3 Å². The van der Waals surface area contributed by atoms with Gasteiger partial charge in [0, 0.05) is 36.3 Å². The molecular weight excluding hydrogens is 342 g/mol. The van der Waals surface area contributed by atoms with Crippen molar-refractivity contribution in [1.29, 1.82) is 0 Å². The Morgan fingerprint density at radius 3 is 2.78 bits per heavy atom. The summed E-state index contributed by atoms with van der Waals surface area (Å²) in [6.07, 6.45) is 3.39. The van der Waals surface area contributed by atoms with E-state index in [4.69, 9.17) is 10.5 Å². The highest BCUT2D eigenvalue weighted by Crippen LogP contribution is 2.24. The van der Waals surface area contributed by atoms with E-state index >= 15 is 0 Å². The fraction of sp³-hybridized carbons (Fsp3) is 0.0500. The predicted molar refractivity (Wildman–Crippen MR) is 102 cm³/mol. The molecule has 0 saturated carbocycles. The number of carbonyl (C=O) groups is 1. The largest absolute Gasteiger partial charge is 0.440 e. The van der Waals surface area contributed by atoms with Gasteiger partial charge in [-0.3, -0.25) is 9.20 Å². The summed E-state index contributed by atoms with van der Waals surface area (Å²) in [7, 11) is 0. The highest BCUT2D eigenvalue weighted by molar-refractivity contribution is 6.04. The first-order valence-corrected chi connectivity index (χ1v) is 8.40. The van der Waals surface area contributed by atoms with Gasteiger partial charge in [-0.05, 0) is 30.3 Å². The van der Waals surface area contributed by atoms with Crippen LogP contribution in [0.4, 0.5) is 5.69 Å². The van der Waals surface area contributed by atoms with Gasteiger partial charge in [0.15, 0.2) is 0 Å². The summed E-state index contributed by atoms with van der Waals surface area (Å²) in [4.78, 5) is 21.0. The van der Waals surface area contributed by atoms with E-state index < -0.39 is 0 Å². The Morgan fingerprint density at radius 1 is 1.11 bits per heavy atom. The van der Waals surface area contributed by atoms with Crippen LogP contribution in [0.2, 0.25) is 0 Å². The third-order valence-corrected chi connectivity index (χ3v) is 3.95. The quantitative estimate of drug-likeness (QED) is 0.570. The van der Waals surface area contributed by atoms with Crippen molar-refractivity contribution in [2.75, 3.05) is 5.32 Å². The summed E-state index contributed by atoms with van der Waals surface area (Å²) in [5.74, 6) is 1.35. The molecule has 0 atom stereocenters. The molecule has 0 radical (unpaired) electrons. The van der Waals surface area contributed by atoms with Crippen LogP contribution in [0.5, 0.6) is 11.6 Å². The van der Waals surface area contributed by atoms with E-state index in [9.17, 15) is 4.79 Å². The Morgan fingerprint density at radius 2 is 1.96 bits per heavy atom. The molecule has 7 heteroatoms. The molecule has 0 aliphatic carbocycles. The van der Waals surface area contributed by atoms with Gasteiger partial charge >= 0.3 is 0 Å². The van der Waals surface area contributed by atoms with Gasteiger partial charge in [-0.25, -0.2) is 9.97 Å². The third kappa shape index (κ3) is 3.63. The molecular formula is C20H17N5O2. The molecule has 2 aromatic heterocycles. The number of nitrogens with zero attached hydrogens (tertiary/aromatic N) is 3. The number of carbonyl (C=O) groups excluding carboxylic acids is 1. The van der Waals surface area contributed by atoms with Gasteiger partial charge in [0.2, 0.25) is 11.7 Å². The summed E-state index contributed by atoms with van der Waals surface area (Å²) in [5.41, 5.74) is 7.59. The number of imidazole rings is 1. The van der Waals surface area contributed by atoms with Gasteiger partial charge in [0.1, 0.15) is 5.75 Å². The maximum absolute atomic E-state index is 12.5. The average Bonchev–Trinajstić information content (AvgIpc) is 3.18. The molecule has 1 amide bonds. The van der Waals surface area contributed by atoms with Crippen LogP contribution in [0, 0.1) is 0 Å². The number of amides is 1. The summed E-state index contributed by atoms with van der Waals surface area (Å²) in [6.45, 7) is 0.277. The lowest BCUT2D eigenvalue weighted by atomic mass is 10.2. The van der Waals surface area contributed by atoms with Crippen LogP contribution < -0.4 is 15.8 Å². The highest BCUT2D eigenvalue weighted by Gasteiger charge is 2.11. The fourth-order valence-corrected chi connectivity index (χ4v) is 2.65. The fourth-order valence-electron chi connectivity index (χ4n) is 2.65. The van der Waals surface area contributed by atoms with E-state index in [2.05, 4.69) is 15.3 Å². The molecule has 4 aromatic rings. The number of fused-ring (bicyclic) bond motifs is 1. The average molecular weight is 359 g/mol. The minimum absolute atomic E-state index is 0.211. The van der Waals surface area contributed by atoms with Crippen LogP contribution in [-0.2, 0) is 6.54 Å². The number of para-hydroxylation sites is 1. The first kappa shape index (κ1) is 16.7. The molecule has 0 spiro atoms. The van der Waals surface area contributed by atoms with Crippen molar-refractivity contribution in [2.45, 2.75) is 6.54 Å². The second-order valence-corrected chi connectivity index (χ2v) is 5.84. The number of hydrogen-bond acceptors (Lipinski definition) is 5. The van der Waals surface area contributed by atoms with Crippen LogP contribution in [0.15, 0.2) is 73.1 Å². The summed E-state index contributed by atoms with van der Waals surface area (Å²) in [5, 5.41) is 2.86. The van der Waals surface area contributed by atoms with Gasteiger partial charge in [-0.15, -0.1) is 0 Å². The number of nitrogens with one attached hydrogen (secondary N) is 1. The molecule has 134 valence electrons. The zero-order valence-corrected chi connectivity index (χ0v) is 14.4. The van der Waals surface area contributed by atoms with Crippen molar-refractivity contribution in [2.24, 2.45) is 5.73 Å². The van der Waals surface area contributed by atoms with E-state index in [1.54, 1.807) is 47.1 Å². The number of aromatic nitrogens is 3. The molecule has 0 fully saturated rings. The molecule has 2 aromatic carbocycles. The zero-order valence-electron chi connectivity index (χ0n) is 14.4. The Kier molecular flexibility index (Phi) is 4.51. The lowest BCUT2D eigenvalue weighted by Gasteiger charge is -2.11. The van der Waals surface area contributed by atoms with Crippen molar-refractivity contribution >= 4 is 17.4 Å². The van der Waals surface area contributed by atoms with Crippen LogP contribution in [0.25, 0.3) is 5.78 Å². The third-order valence-electron chi connectivity index (χ3n) is 3.95. The van der Waals surface area contributed by atoms with Gasteiger partial charge < -0.3 is 15.8 Å². The first-order valence-electron chi connectivity index (χ1n) is 8.40. The number of rotatable bonds is 5. The van der Waals surface area contributed by atoms with Gasteiger partial charge in [0.25, 0.3) is 5.91 Å². The van der Waals surface area contributed by atoms with E-state index in [1.165, 1.54) is 0 Å². The predicted octanol–water partition coefficient (Wildman–Crippen LogP) is 3.23. The lowest BCUT2D eigenvalue weighted by molar-refractivity contribution is 0.102.